The van der Waals surface area contributed by atoms with Crippen LogP contribution >= 0.6 is 12.4 Å². The molecule has 0 amide bonds. The van der Waals surface area contributed by atoms with Gasteiger partial charge in [-0.1, -0.05) is 0 Å². The monoisotopic (exact) mass is 234 g/mol. The Bertz CT molecular complexity index is 225. The summed E-state index contributed by atoms with van der Waals surface area (Å²) in [6.07, 6.45) is 0. The van der Waals surface area contributed by atoms with Gasteiger partial charge in [-0.15, -0.1) is 12.4 Å². The summed E-state index contributed by atoms with van der Waals surface area (Å²) in [4.78, 5) is 11.7. The fourth-order valence-electron chi connectivity index (χ4n) is 2.53. The molecule has 2 fully saturated rings. The molecule has 0 aromatic rings. The molecular weight excluding hydrogens is 216 g/mol. The molecule has 2 saturated heterocycles. The molecule has 0 aromatic carbocycles. The highest BCUT2D eigenvalue weighted by Gasteiger charge is 2.40. The molecule has 0 aromatic heterocycles. The first-order valence-electron chi connectivity index (χ1n) is 5.41. The van der Waals surface area contributed by atoms with Crippen LogP contribution < -0.4 is 10.6 Å². The second-order valence-electron chi connectivity index (χ2n) is 4.10. The Morgan fingerprint density at radius 1 is 1.27 bits per heavy atom. The van der Waals surface area contributed by atoms with E-state index in [-0.39, 0.29) is 24.3 Å². The zero-order valence-electron chi connectivity index (χ0n) is 8.99. The molecule has 2 aliphatic rings. The van der Waals surface area contributed by atoms with Gasteiger partial charge in [0.1, 0.15) is 0 Å². The summed E-state index contributed by atoms with van der Waals surface area (Å²) in [6, 6.07) is 0. The number of esters is 1. The van der Waals surface area contributed by atoms with E-state index in [1.807, 2.05) is 6.92 Å². The number of ether oxygens (including phenoxy) is 1. The van der Waals surface area contributed by atoms with Gasteiger partial charge in [-0.05, 0) is 38.4 Å². The van der Waals surface area contributed by atoms with Crippen LogP contribution in [0.2, 0.25) is 0 Å². The van der Waals surface area contributed by atoms with Crippen LogP contribution in [0.4, 0.5) is 0 Å². The molecule has 4 nitrogen and oxygen atoms in total. The van der Waals surface area contributed by atoms with Crippen LogP contribution in [0, 0.1) is 17.8 Å². The van der Waals surface area contributed by atoms with Crippen molar-refractivity contribution < 1.29 is 9.53 Å². The van der Waals surface area contributed by atoms with Gasteiger partial charge >= 0.3 is 5.97 Å². The summed E-state index contributed by atoms with van der Waals surface area (Å²) >= 11 is 0. The van der Waals surface area contributed by atoms with Crippen molar-refractivity contribution in [3.63, 3.8) is 0 Å². The molecule has 2 N–H and O–H groups in total. The fraction of sp³-hybridized carbons (Fsp3) is 0.900. The maximum atomic E-state index is 11.7. The number of hydrogen-bond donors (Lipinski definition) is 2. The number of piperidine rings is 1. The lowest BCUT2D eigenvalue weighted by molar-refractivity contribution is -0.150. The smallest absolute Gasteiger partial charge is 0.310 e. The van der Waals surface area contributed by atoms with Gasteiger partial charge in [0.15, 0.2) is 0 Å². The first-order valence-corrected chi connectivity index (χ1v) is 5.41. The average Bonchev–Trinajstić information content (AvgIpc) is 2.65. The van der Waals surface area contributed by atoms with Gasteiger partial charge in [-0.2, -0.15) is 0 Å². The molecule has 0 bridgehead atoms. The summed E-state index contributed by atoms with van der Waals surface area (Å²) in [7, 11) is 0. The van der Waals surface area contributed by atoms with E-state index in [2.05, 4.69) is 10.6 Å². The number of carbonyl (C=O) groups is 1. The summed E-state index contributed by atoms with van der Waals surface area (Å²) in [5.41, 5.74) is 0. The lowest BCUT2D eigenvalue weighted by Crippen LogP contribution is -2.46. The van der Waals surface area contributed by atoms with E-state index in [4.69, 9.17) is 4.74 Å². The van der Waals surface area contributed by atoms with Gasteiger partial charge in [0.25, 0.3) is 0 Å². The lowest BCUT2D eigenvalue weighted by atomic mass is 9.81. The van der Waals surface area contributed by atoms with Gasteiger partial charge in [0.05, 0.1) is 12.5 Å². The first-order chi connectivity index (χ1) is 6.83. The zero-order valence-corrected chi connectivity index (χ0v) is 9.81. The third-order valence-corrected chi connectivity index (χ3v) is 3.27. The second-order valence-corrected chi connectivity index (χ2v) is 4.10. The van der Waals surface area contributed by atoms with E-state index in [1.54, 1.807) is 0 Å². The SMILES string of the molecule is CCOC(=O)C1CNCC2CNCC21.Cl. The number of hydrogen-bond acceptors (Lipinski definition) is 4. The topological polar surface area (TPSA) is 50.4 Å². The number of fused-ring (bicyclic) bond motifs is 1. The van der Waals surface area contributed by atoms with Gasteiger partial charge in [0.2, 0.25) is 0 Å². The number of rotatable bonds is 2. The van der Waals surface area contributed by atoms with E-state index in [0.29, 0.717) is 18.4 Å². The van der Waals surface area contributed by atoms with Crippen molar-refractivity contribution in [1.82, 2.24) is 10.6 Å². The minimum absolute atomic E-state index is 0. The Labute approximate surface area is 96.5 Å². The molecule has 0 aliphatic carbocycles. The Hall–Kier alpha value is -0.320. The Balaban J connectivity index is 0.00000112. The van der Waals surface area contributed by atoms with Crippen LogP contribution in [0.15, 0.2) is 0 Å². The maximum Gasteiger partial charge on any atom is 0.310 e. The van der Waals surface area contributed by atoms with Crippen LogP contribution in [0.5, 0.6) is 0 Å². The molecule has 0 spiro atoms. The van der Waals surface area contributed by atoms with Crippen molar-refractivity contribution in [2.75, 3.05) is 32.8 Å². The molecule has 0 radical (unpaired) electrons. The van der Waals surface area contributed by atoms with Crippen molar-refractivity contribution in [2.45, 2.75) is 6.92 Å². The van der Waals surface area contributed by atoms with Gasteiger partial charge in [-0.25, -0.2) is 0 Å². The van der Waals surface area contributed by atoms with Crippen LogP contribution in [0.25, 0.3) is 0 Å². The molecule has 3 unspecified atom stereocenters. The van der Waals surface area contributed by atoms with E-state index < -0.39 is 0 Å². The third kappa shape index (κ3) is 2.62. The van der Waals surface area contributed by atoms with Gasteiger partial charge in [0, 0.05) is 6.54 Å². The van der Waals surface area contributed by atoms with E-state index >= 15 is 0 Å². The predicted molar refractivity (Wildman–Crippen MR) is 60.1 cm³/mol. The highest BCUT2D eigenvalue weighted by molar-refractivity contribution is 5.85. The van der Waals surface area contributed by atoms with Crippen LogP contribution in [-0.4, -0.2) is 38.8 Å². The summed E-state index contributed by atoms with van der Waals surface area (Å²) in [5, 5.41) is 6.65. The van der Waals surface area contributed by atoms with Crippen LogP contribution in [0.3, 0.4) is 0 Å². The largest absolute Gasteiger partial charge is 0.466 e. The molecule has 2 aliphatic heterocycles. The van der Waals surface area contributed by atoms with Gasteiger partial charge in [-0.3, -0.25) is 4.79 Å². The van der Waals surface area contributed by atoms with E-state index in [1.165, 1.54) is 0 Å². The summed E-state index contributed by atoms with van der Waals surface area (Å²) in [6.45, 7) is 6.16. The molecule has 2 heterocycles. The Morgan fingerprint density at radius 3 is 2.60 bits per heavy atom. The van der Waals surface area contributed by atoms with Crippen LogP contribution in [-0.2, 0) is 9.53 Å². The normalized spacial score (nSPS) is 34.1. The summed E-state index contributed by atoms with van der Waals surface area (Å²) < 4.78 is 5.08. The average molecular weight is 235 g/mol. The van der Waals surface area contributed by atoms with Crippen molar-refractivity contribution in [3.05, 3.63) is 0 Å². The molecule has 2 rings (SSSR count). The van der Waals surface area contributed by atoms with Crippen molar-refractivity contribution in [2.24, 2.45) is 17.8 Å². The molecule has 5 heteroatoms. The van der Waals surface area contributed by atoms with E-state index in [9.17, 15) is 4.79 Å². The van der Waals surface area contributed by atoms with Gasteiger partial charge < -0.3 is 15.4 Å². The number of halogens is 1. The number of nitrogens with one attached hydrogen (secondary N) is 2. The molecule has 88 valence electrons. The minimum atomic E-state index is -0.0293. The summed E-state index contributed by atoms with van der Waals surface area (Å²) in [5.74, 6) is 1.12. The van der Waals surface area contributed by atoms with Crippen LogP contribution in [0.1, 0.15) is 6.92 Å². The Morgan fingerprint density at radius 2 is 1.93 bits per heavy atom. The molecular formula is C10H19ClN2O2. The number of carbonyl (C=O) groups excluding carboxylic acids is 1. The maximum absolute atomic E-state index is 11.7. The zero-order chi connectivity index (χ0) is 9.97. The standard InChI is InChI=1S/C10H18N2O2.ClH/c1-2-14-10(13)9-6-12-4-7-3-11-5-8(7)9;/h7-9,11-12H,2-6H2,1H3;1H. The molecule has 0 saturated carbocycles. The minimum Gasteiger partial charge on any atom is -0.466 e. The Kier molecular flexibility index (Phi) is 4.83. The fourth-order valence-corrected chi connectivity index (χ4v) is 2.53. The highest BCUT2D eigenvalue weighted by atomic mass is 35.5. The lowest BCUT2D eigenvalue weighted by Gasteiger charge is -2.31. The molecule has 3 atom stereocenters. The van der Waals surface area contributed by atoms with Crippen molar-refractivity contribution in [3.8, 4) is 0 Å². The predicted octanol–water partition coefficient (Wildman–Crippen LogP) is 0.0263. The van der Waals surface area contributed by atoms with Crippen molar-refractivity contribution >= 4 is 18.4 Å². The quantitative estimate of drug-likeness (QED) is 0.662. The first kappa shape index (κ1) is 12.7. The third-order valence-electron chi connectivity index (χ3n) is 3.27. The second kappa shape index (κ2) is 5.68. The van der Waals surface area contributed by atoms with E-state index in [0.717, 1.165) is 26.2 Å². The highest BCUT2D eigenvalue weighted by Crippen LogP contribution is 2.28. The van der Waals surface area contributed by atoms with Crippen molar-refractivity contribution in [1.29, 1.82) is 0 Å². The molecule has 15 heavy (non-hydrogen) atoms.